The Morgan fingerprint density at radius 1 is 1.50 bits per heavy atom. The van der Waals surface area contributed by atoms with E-state index >= 15 is 0 Å². The molecule has 0 radical (unpaired) electrons. The van der Waals surface area contributed by atoms with Crippen LogP contribution in [0.3, 0.4) is 0 Å². The van der Waals surface area contributed by atoms with E-state index in [-0.39, 0.29) is 12.6 Å². The Labute approximate surface area is 111 Å². The molecule has 18 heavy (non-hydrogen) atoms. The van der Waals surface area contributed by atoms with Crippen LogP contribution in [0.1, 0.15) is 23.5 Å². The number of aliphatic hydroxyl groups is 1. The summed E-state index contributed by atoms with van der Waals surface area (Å²) in [7, 11) is 0. The van der Waals surface area contributed by atoms with Gasteiger partial charge >= 0.3 is 0 Å². The van der Waals surface area contributed by atoms with E-state index in [1.165, 1.54) is 4.88 Å². The second-order valence-electron chi connectivity index (χ2n) is 4.11. The predicted molar refractivity (Wildman–Crippen MR) is 73.6 cm³/mol. The van der Waals surface area contributed by atoms with E-state index < -0.39 is 0 Å². The molecule has 0 saturated carbocycles. The SMILES string of the molecule is Cc1nc(-c2cccnc2)sc1C(C)NCCO. The molecular weight excluding hydrogens is 246 g/mol. The van der Waals surface area contributed by atoms with Crippen LogP contribution in [0, 0.1) is 6.92 Å². The summed E-state index contributed by atoms with van der Waals surface area (Å²) >= 11 is 1.68. The molecule has 2 aromatic rings. The Hall–Kier alpha value is -1.30. The zero-order valence-electron chi connectivity index (χ0n) is 10.6. The molecule has 0 saturated heterocycles. The Bertz CT molecular complexity index is 498. The van der Waals surface area contributed by atoms with Crippen LogP contribution in [0.5, 0.6) is 0 Å². The molecule has 1 atom stereocenters. The molecule has 2 heterocycles. The molecule has 2 aromatic heterocycles. The number of hydrogen-bond acceptors (Lipinski definition) is 5. The van der Waals surface area contributed by atoms with Crippen LogP contribution < -0.4 is 5.32 Å². The standard InChI is InChI=1S/C13H17N3OS/c1-9(15-6-7-17)12-10(2)16-13(18-12)11-4-3-5-14-8-11/h3-5,8-9,15,17H,6-7H2,1-2H3. The van der Waals surface area contributed by atoms with E-state index in [1.807, 2.05) is 25.3 Å². The number of hydrogen-bond donors (Lipinski definition) is 2. The van der Waals surface area contributed by atoms with Gasteiger partial charge < -0.3 is 10.4 Å². The average molecular weight is 263 g/mol. The first-order valence-corrected chi connectivity index (χ1v) is 6.76. The van der Waals surface area contributed by atoms with Crippen LogP contribution in [-0.4, -0.2) is 28.2 Å². The van der Waals surface area contributed by atoms with Gasteiger partial charge in [0, 0.05) is 35.4 Å². The second-order valence-corrected chi connectivity index (χ2v) is 5.14. The van der Waals surface area contributed by atoms with Crippen molar-refractivity contribution in [2.24, 2.45) is 0 Å². The Kier molecular flexibility index (Phi) is 4.41. The van der Waals surface area contributed by atoms with E-state index in [4.69, 9.17) is 5.11 Å². The molecule has 0 bridgehead atoms. The largest absolute Gasteiger partial charge is 0.395 e. The minimum Gasteiger partial charge on any atom is -0.395 e. The maximum absolute atomic E-state index is 8.83. The molecule has 4 nitrogen and oxygen atoms in total. The number of aryl methyl sites for hydroxylation is 1. The van der Waals surface area contributed by atoms with Gasteiger partial charge in [0.2, 0.25) is 0 Å². The zero-order valence-corrected chi connectivity index (χ0v) is 11.4. The van der Waals surface area contributed by atoms with Gasteiger partial charge in [-0.1, -0.05) is 0 Å². The first-order valence-electron chi connectivity index (χ1n) is 5.94. The van der Waals surface area contributed by atoms with Crippen LogP contribution in [-0.2, 0) is 0 Å². The highest BCUT2D eigenvalue weighted by molar-refractivity contribution is 7.15. The predicted octanol–water partition coefficient (Wildman–Crippen LogP) is 2.16. The summed E-state index contributed by atoms with van der Waals surface area (Å²) < 4.78 is 0. The van der Waals surface area contributed by atoms with Crippen molar-refractivity contribution in [1.29, 1.82) is 0 Å². The molecule has 0 aromatic carbocycles. The highest BCUT2D eigenvalue weighted by Crippen LogP contribution is 2.31. The monoisotopic (exact) mass is 263 g/mol. The van der Waals surface area contributed by atoms with Crippen molar-refractivity contribution in [3.63, 3.8) is 0 Å². The van der Waals surface area contributed by atoms with Crippen molar-refractivity contribution in [2.75, 3.05) is 13.2 Å². The molecule has 5 heteroatoms. The molecule has 1 unspecified atom stereocenters. The normalized spacial score (nSPS) is 12.6. The number of rotatable bonds is 5. The second kappa shape index (κ2) is 6.04. The van der Waals surface area contributed by atoms with Crippen LogP contribution in [0.25, 0.3) is 10.6 Å². The van der Waals surface area contributed by atoms with Crippen molar-refractivity contribution in [1.82, 2.24) is 15.3 Å². The molecule has 0 aliphatic heterocycles. The molecule has 0 fully saturated rings. The molecule has 0 spiro atoms. The first-order chi connectivity index (χ1) is 8.72. The smallest absolute Gasteiger partial charge is 0.125 e. The van der Waals surface area contributed by atoms with Gasteiger partial charge in [0.15, 0.2) is 0 Å². The third-order valence-electron chi connectivity index (χ3n) is 2.70. The van der Waals surface area contributed by atoms with Gasteiger partial charge in [0.25, 0.3) is 0 Å². The number of nitrogens with one attached hydrogen (secondary N) is 1. The van der Waals surface area contributed by atoms with Crippen molar-refractivity contribution in [2.45, 2.75) is 19.9 Å². The molecule has 96 valence electrons. The maximum atomic E-state index is 8.83. The van der Waals surface area contributed by atoms with Gasteiger partial charge in [0.05, 0.1) is 12.3 Å². The number of aromatic nitrogens is 2. The van der Waals surface area contributed by atoms with Gasteiger partial charge in [-0.3, -0.25) is 4.98 Å². The molecular formula is C13H17N3OS. The van der Waals surface area contributed by atoms with Gasteiger partial charge in [0.1, 0.15) is 5.01 Å². The lowest BCUT2D eigenvalue weighted by Crippen LogP contribution is -2.21. The lowest BCUT2D eigenvalue weighted by molar-refractivity contribution is 0.286. The topological polar surface area (TPSA) is 58.0 Å². The van der Waals surface area contributed by atoms with Crippen molar-refractivity contribution in [3.05, 3.63) is 35.1 Å². The van der Waals surface area contributed by atoms with Crippen LogP contribution in [0.2, 0.25) is 0 Å². The molecule has 0 aliphatic rings. The highest BCUT2D eigenvalue weighted by Gasteiger charge is 2.14. The fraction of sp³-hybridized carbons (Fsp3) is 0.385. The molecule has 2 rings (SSSR count). The first kappa shape index (κ1) is 13.1. The fourth-order valence-corrected chi connectivity index (χ4v) is 2.88. The Balaban J connectivity index is 2.22. The van der Waals surface area contributed by atoms with Crippen molar-refractivity contribution < 1.29 is 5.11 Å². The third-order valence-corrected chi connectivity index (χ3v) is 4.09. The van der Waals surface area contributed by atoms with Gasteiger partial charge in [-0.15, -0.1) is 11.3 Å². The quantitative estimate of drug-likeness (QED) is 0.868. The van der Waals surface area contributed by atoms with E-state index in [2.05, 4.69) is 22.2 Å². The summed E-state index contributed by atoms with van der Waals surface area (Å²) in [5.74, 6) is 0. The van der Waals surface area contributed by atoms with E-state index in [0.717, 1.165) is 16.3 Å². The maximum Gasteiger partial charge on any atom is 0.125 e. The number of aliphatic hydroxyl groups excluding tert-OH is 1. The van der Waals surface area contributed by atoms with Crippen molar-refractivity contribution in [3.8, 4) is 10.6 Å². The minimum atomic E-state index is 0.150. The highest BCUT2D eigenvalue weighted by atomic mass is 32.1. The zero-order chi connectivity index (χ0) is 13.0. The summed E-state index contributed by atoms with van der Waals surface area (Å²) in [6.07, 6.45) is 3.59. The summed E-state index contributed by atoms with van der Waals surface area (Å²) in [5.41, 5.74) is 2.09. The minimum absolute atomic E-state index is 0.150. The lowest BCUT2D eigenvalue weighted by Gasteiger charge is -2.10. The summed E-state index contributed by atoms with van der Waals surface area (Å²) in [5, 5.41) is 13.1. The lowest BCUT2D eigenvalue weighted by atomic mass is 10.2. The van der Waals surface area contributed by atoms with Crippen LogP contribution in [0.4, 0.5) is 0 Å². The Morgan fingerprint density at radius 2 is 2.33 bits per heavy atom. The molecule has 0 aliphatic carbocycles. The molecule has 0 amide bonds. The summed E-state index contributed by atoms with van der Waals surface area (Å²) in [6.45, 7) is 4.85. The molecule has 2 N–H and O–H groups in total. The Morgan fingerprint density at radius 3 is 3.00 bits per heavy atom. The summed E-state index contributed by atoms with van der Waals surface area (Å²) in [4.78, 5) is 9.91. The third kappa shape index (κ3) is 2.93. The van der Waals surface area contributed by atoms with E-state index in [9.17, 15) is 0 Å². The van der Waals surface area contributed by atoms with Crippen LogP contribution >= 0.6 is 11.3 Å². The number of pyridine rings is 1. The fourth-order valence-electron chi connectivity index (χ4n) is 1.80. The van der Waals surface area contributed by atoms with Crippen LogP contribution in [0.15, 0.2) is 24.5 Å². The van der Waals surface area contributed by atoms with E-state index in [1.54, 1.807) is 17.5 Å². The van der Waals surface area contributed by atoms with Crippen molar-refractivity contribution >= 4 is 11.3 Å². The van der Waals surface area contributed by atoms with Gasteiger partial charge in [-0.05, 0) is 26.0 Å². The van der Waals surface area contributed by atoms with Gasteiger partial charge in [-0.2, -0.15) is 0 Å². The van der Waals surface area contributed by atoms with Gasteiger partial charge in [-0.25, -0.2) is 4.98 Å². The van der Waals surface area contributed by atoms with E-state index in [0.29, 0.717) is 6.54 Å². The average Bonchev–Trinajstić information content (AvgIpc) is 2.79. The summed E-state index contributed by atoms with van der Waals surface area (Å²) in [6, 6.07) is 4.14. The number of thiazole rings is 1. The number of nitrogens with zero attached hydrogens (tertiary/aromatic N) is 2.